The summed E-state index contributed by atoms with van der Waals surface area (Å²) in [5.74, 6) is 0.441. The fourth-order valence-electron chi connectivity index (χ4n) is 10.0. The average Bonchev–Trinajstić information content (AvgIpc) is 3.92. The lowest BCUT2D eigenvalue weighted by Gasteiger charge is -2.16. The maximum atomic E-state index is 2.43. The molecule has 0 bridgehead atoms. The summed E-state index contributed by atoms with van der Waals surface area (Å²) in [6.07, 6.45) is 0. The number of hydrogen-bond acceptors (Lipinski definition) is 0. The van der Waals surface area contributed by atoms with Gasteiger partial charge in [0.15, 0.2) is 0 Å². The van der Waals surface area contributed by atoms with Crippen LogP contribution in [-0.2, 0) is 0 Å². The zero-order chi connectivity index (χ0) is 37.5. The lowest BCUT2D eigenvalue weighted by atomic mass is 9.87. The molecule has 0 N–H and O–H groups in total. The first-order valence-corrected chi connectivity index (χ1v) is 20.0. The van der Waals surface area contributed by atoms with Gasteiger partial charge in [-0.05, 0) is 114 Å². The van der Waals surface area contributed by atoms with Crippen molar-refractivity contribution in [3.63, 3.8) is 0 Å². The summed E-state index contributed by atoms with van der Waals surface area (Å²) in [6.45, 7) is 0. The van der Waals surface area contributed by atoms with Crippen LogP contribution in [0.3, 0.4) is 0 Å². The van der Waals surface area contributed by atoms with Crippen LogP contribution in [0.2, 0.25) is 0 Å². The van der Waals surface area contributed by atoms with E-state index in [1.807, 2.05) is 0 Å². The fraction of sp³-hybridized carbons (Fsp3) is 0.0357. The Morgan fingerprint density at radius 1 is 0.281 bits per heavy atom. The lowest BCUT2D eigenvalue weighted by Crippen LogP contribution is -1.99. The van der Waals surface area contributed by atoms with E-state index in [1.165, 1.54) is 105 Å². The first-order chi connectivity index (χ1) is 28.3. The fourth-order valence-corrected chi connectivity index (χ4v) is 10.0. The molecule has 2 aliphatic carbocycles. The first-order valence-electron chi connectivity index (χ1n) is 20.0. The minimum absolute atomic E-state index is 0.182. The molecule has 1 nitrogen and oxygen atoms in total. The largest absolute Gasteiger partial charge is 0.309 e. The third-order valence-corrected chi connectivity index (χ3v) is 12.6. The molecule has 0 fully saturated rings. The summed E-state index contributed by atoms with van der Waals surface area (Å²) >= 11 is 0. The van der Waals surface area contributed by atoms with Crippen LogP contribution in [0.5, 0.6) is 0 Å². The van der Waals surface area contributed by atoms with Gasteiger partial charge in [-0.2, -0.15) is 0 Å². The van der Waals surface area contributed by atoms with E-state index in [-0.39, 0.29) is 11.8 Å². The smallest absolute Gasteiger partial charge is 0.0541 e. The highest BCUT2D eigenvalue weighted by molar-refractivity contribution is 6.09. The third kappa shape index (κ3) is 4.95. The maximum absolute atomic E-state index is 2.43. The van der Waals surface area contributed by atoms with Gasteiger partial charge >= 0.3 is 0 Å². The second kappa shape index (κ2) is 12.7. The Hall–Kier alpha value is -7.22. The van der Waals surface area contributed by atoms with Gasteiger partial charge in [-0.25, -0.2) is 0 Å². The van der Waals surface area contributed by atoms with Crippen molar-refractivity contribution < 1.29 is 0 Å². The monoisotopic (exact) mass is 723 g/mol. The van der Waals surface area contributed by atoms with Crippen molar-refractivity contribution in [1.82, 2.24) is 4.57 Å². The van der Waals surface area contributed by atoms with E-state index in [1.54, 1.807) is 0 Å². The van der Waals surface area contributed by atoms with Gasteiger partial charge in [-0.15, -0.1) is 0 Å². The Morgan fingerprint density at radius 2 is 0.737 bits per heavy atom. The molecule has 0 aliphatic heterocycles. The van der Waals surface area contributed by atoms with Crippen molar-refractivity contribution in [1.29, 1.82) is 0 Å². The van der Waals surface area contributed by atoms with Crippen molar-refractivity contribution in [2.45, 2.75) is 11.8 Å². The molecule has 0 saturated heterocycles. The van der Waals surface area contributed by atoms with Crippen LogP contribution >= 0.6 is 0 Å². The predicted molar refractivity (Wildman–Crippen MR) is 237 cm³/mol. The lowest BCUT2D eigenvalue weighted by molar-refractivity contribution is 1.01. The van der Waals surface area contributed by atoms with E-state index in [4.69, 9.17) is 0 Å². The molecule has 2 atom stereocenters. The Balaban J connectivity index is 0.898. The van der Waals surface area contributed by atoms with Crippen LogP contribution in [0.25, 0.3) is 72.0 Å². The van der Waals surface area contributed by atoms with Crippen LogP contribution < -0.4 is 0 Å². The molecule has 1 heterocycles. The van der Waals surface area contributed by atoms with Crippen molar-refractivity contribution in [2.75, 3.05) is 0 Å². The number of aromatic nitrogens is 1. The normalized spacial score (nSPS) is 15.0. The minimum Gasteiger partial charge on any atom is -0.309 e. The molecule has 12 rings (SSSR count). The summed E-state index contributed by atoms with van der Waals surface area (Å²) in [6, 6.07) is 78.8. The van der Waals surface area contributed by atoms with Gasteiger partial charge in [-0.3, -0.25) is 0 Å². The maximum Gasteiger partial charge on any atom is 0.0541 e. The number of hydrogen-bond donors (Lipinski definition) is 0. The van der Waals surface area contributed by atoms with Crippen LogP contribution in [-0.4, -0.2) is 4.57 Å². The summed E-state index contributed by atoms with van der Waals surface area (Å²) in [5.41, 5.74) is 22.1. The summed E-state index contributed by atoms with van der Waals surface area (Å²) < 4.78 is 2.40. The summed E-state index contributed by atoms with van der Waals surface area (Å²) in [7, 11) is 0. The quantitative estimate of drug-likeness (QED) is 0.167. The minimum atomic E-state index is 0.182. The van der Waals surface area contributed by atoms with Crippen molar-refractivity contribution in [3.8, 4) is 50.2 Å². The highest BCUT2D eigenvalue weighted by Gasteiger charge is 2.32. The van der Waals surface area contributed by atoms with Crippen molar-refractivity contribution in [2.24, 2.45) is 0 Å². The first kappa shape index (κ1) is 32.1. The molecule has 57 heavy (non-hydrogen) atoms. The Labute approximate surface area is 332 Å². The predicted octanol–water partition coefficient (Wildman–Crippen LogP) is 14.4. The average molecular weight is 724 g/mol. The molecule has 1 aromatic heterocycles. The van der Waals surface area contributed by atoms with Crippen molar-refractivity contribution in [3.05, 3.63) is 246 Å². The van der Waals surface area contributed by atoms with Crippen LogP contribution in [0.15, 0.2) is 212 Å². The summed E-state index contributed by atoms with van der Waals surface area (Å²) in [4.78, 5) is 0. The van der Waals surface area contributed by atoms with Gasteiger partial charge in [0.2, 0.25) is 0 Å². The molecule has 2 unspecified atom stereocenters. The second-order valence-corrected chi connectivity index (χ2v) is 15.6. The second-order valence-electron chi connectivity index (χ2n) is 15.6. The Kier molecular flexibility index (Phi) is 7.12. The zero-order valence-corrected chi connectivity index (χ0v) is 31.3. The topological polar surface area (TPSA) is 4.93 Å². The molecule has 1 heteroatoms. The number of rotatable bonds is 5. The number of fused-ring (bicyclic) bond motifs is 9. The number of benzene rings is 9. The molecule has 0 spiro atoms. The van der Waals surface area contributed by atoms with Crippen LogP contribution in [0, 0.1) is 0 Å². The van der Waals surface area contributed by atoms with Crippen molar-refractivity contribution >= 4 is 21.8 Å². The van der Waals surface area contributed by atoms with Gasteiger partial charge in [0.1, 0.15) is 0 Å². The molecular formula is C56H37N. The van der Waals surface area contributed by atoms with Gasteiger partial charge in [0.05, 0.1) is 11.0 Å². The highest BCUT2D eigenvalue weighted by atomic mass is 15.0. The zero-order valence-electron chi connectivity index (χ0n) is 31.3. The molecule has 0 amide bonds. The SMILES string of the molecule is c1ccc(C2c3ccccc3-c3cc(-c4ccc5c(c4)-c4ccccc4C5c4ccc(-c5cccc(-n6c7ccccc7c7ccccc76)c5)cc4)ccc32)cc1. The Bertz CT molecular complexity index is 3130. The highest BCUT2D eigenvalue weighted by Crippen LogP contribution is 2.51. The van der Waals surface area contributed by atoms with E-state index >= 15 is 0 Å². The van der Waals surface area contributed by atoms with E-state index in [0.29, 0.717) is 0 Å². The molecule has 0 radical (unpaired) electrons. The van der Waals surface area contributed by atoms with Gasteiger partial charge in [-0.1, -0.05) is 176 Å². The summed E-state index contributed by atoms with van der Waals surface area (Å²) in [5, 5.41) is 2.56. The molecule has 2 aliphatic rings. The molecule has 0 saturated carbocycles. The van der Waals surface area contributed by atoms with E-state index in [2.05, 4.69) is 217 Å². The van der Waals surface area contributed by atoms with Gasteiger partial charge < -0.3 is 4.57 Å². The molecular weight excluding hydrogens is 687 g/mol. The number of nitrogens with zero attached hydrogens (tertiary/aromatic N) is 1. The standard InChI is InChI=1S/C56H37N/c1-2-13-37(14-3-1)55-47-21-6-4-17-43(47)51-34-40(29-31-49(51)55)41-30-32-50-52(35-41)44-18-5-7-22-48(44)56(50)38-27-25-36(26-28-38)39-15-12-16-42(33-39)57-53-23-10-8-19-45(53)46-20-9-11-24-54(46)57/h1-35,55-56H. The molecule has 10 aromatic rings. The van der Waals surface area contributed by atoms with E-state index in [0.717, 1.165) is 0 Å². The number of para-hydroxylation sites is 2. The van der Waals surface area contributed by atoms with Gasteiger partial charge in [0.25, 0.3) is 0 Å². The van der Waals surface area contributed by atoms with E-state index in [9.17, 15) is 0 Å². The Morgan fingerprint density at radius 3 is 1.33 bits per heavy atom. The molecule has 9 aromatic carbocycles. The van der Waals surface area contributed by atoms with Crippen LogP contribution in [0.4, 0.5) is 0 Å². The van der Waals surface area contributed by atoms with E-state index < -0.39 is 0 Å². The third-order valence-electron chi connectivity index (χ3n) is 12.6. The van der Waals surface area contributed by atoms with Crippen LogP contribution in [0.1, 0.15) is 45.2 Å². The van der Waals surface area contributed by atoms with Gasteiger partial charge in [0, 0.05) is 28.3 Å². The molecule has 266 valence electrons.